The van der Waals surface area contributed by atoms with Gasteiger partial charge in [-0.25, -0.2) is 0 Å². The number of likely N-dealkylation sites (N-methyl/N-ethyl adjacent to an activating group) is 1. The number of carbonyl (C=O) groups is 1. The minimum absolute atomic E-state index is 0.0836. The lowest BCUT2D eigenvalue weighted by Gasteiger charge is -2.49. The van der Waals surface area contributed by atoms with Gasteiger partial charge in [0.2, 0.25) is 5.91 Å². The molecule has 0 saturated carbocycles. The van der Waals surface area contributed by atoms with Gasteiger partial charge in [0.25, 0.3) is 0 Å². The molecule has 1 spiro atoms. The van der Waals surface area contributed by atoms with Crippen LogP contribution in [0.15, 0.2) is 0 Å². The molecule has 0 aromatic carbocycles. The maximum Gasteiger partial charge on any atom is 0.220 e. The van der Waals surface area contributed by atoms with E-state index in [1.165, 1.54) is 5.56 Å². The molecule has 1 aromatic heterocycles. The molecule has 7 nitrogen and oxygen atoms in total. The highest BCUT2D eigenvalue weighted by Crippen LogP contribution is 2.31. The summed E-state index contributed by atoms with van der Waals surface area (Å²) in [6.45, 7) is 9.50. The number of amides is 1. The largest absolute Gasteiger partial charge is 0.394 e. The maximum atomic E-state index is 11.8. The predicted molar refractivity (Wildman–Crippen MR) is 96.3 cm³/mol. The third-order valence-corrected chi connectivity index (χ3v) is 6.03. The Hall–Kier alpha value is -1.44. The molecule has 2 aliphatic rings. The Kier molecular flexibility index (Phi) is 5.46. The number of carbonyl (C=O) groups excluding carboxylic acids is 1. The Bertz CT molecular complexity index is 629. The van der Waals surface area contributed by atoms with Crippen molar-refractivity contribution in [1.82, 2.24) is 24.9 Å². The molecule has 25 heavy (non-hydrogen) atoms. The molecule has 2 aliphatic heterocycles. The molecule has 0 bridgehead atoms. The number of nitrogens with zero attached hydrogens (tertiary/aromatic N) is 4. The molecular weight excluding hydrogens is 318 g/mol. The summed E-state index contributed by atoms with van der Waals surface area (Å²) >= 11 is 0. The van der Waals surface area contributed by atoms with E-state index in [-0.39, 0.29) is 18.1 Å². The molecule has 1 amide bonds. The van der Waals surface area contributed by atoms with Crippen LogP contribution in [0.1, 0.15) is 36.2 Å². The highest BCUT2D eigenvalue weighted by molar-refractivity contribution is 5.76. The van der Waals surface area contributed by atoms with Crippen molar-refractivity contribution < 1.29 is 9.90 Å². The highest BCUT2D eigenvalue weighted by Gasteiger charge is 2.41. The molecule has 3 heterocycles. The summed E-state index contributed by atoms with van der Waals surface area (Å²) in [6.07, 6.45) is 2.55. The Balaban J connectivity index is 1.75. The molecule has 7 heteroatoms. The molecular formula is C18H31N5O2. The molecule has 2 N–H and O–H groups in total. The molecule has 0 radical (unpaired) electrons. The molecule has 3 rings (SSSR count). The number of aryl methyl sites for hydroxylation is 1. The minimum atomic E-state index is 0.0836. The van der Waals surface area contributed by atoms with Crippen LogP contribution in [-0.2, 0) is 17.9 Å². The number of hydrogen-bond donors (Lipinski definition) is 2. The Morgan fingerprint density at radius 1 is 1.28 bits per heavy atom. The van der Waals surface area contributed by atoms with Crippen LogP contribution in [0.5, 0.6) is 0 Å². The first-order valence-corrected chi connectivity index (χ1v) is 9.29. The normalized spacial score (nSPS) is 26.0. The van der Waals surface area contributed by atoms with Crippen molar-refractivity contribution in [3.8, 4) is 0 Å². The number of aliphatic hydroxyl groups is 1. The lowest BCUT2D eigenvalue weighted by atomic mass is 9.86. The van der Waals surface area contributed by atoms with Crippen molar-refractivity contribution in [3.63, 3.8) is 0 Å². The fourth-order valence-corrected chi connectivity index (χ4v) is 4.31. The highest BCUT2D eigenvalue weighted by atomic mass is 16.3. The second-order valence-electron chi connectivity index (χ2n) is 7.55. The van der Waals surface area contributed by atoms with Gasteiger partial charge in [-0.1, -0.05) is 0 Å². The van der Waals surface area contributed by atoms with Gasteiger partial charge in [0.15, 0.2) is 0 Å². The summed E-state index contributed by atoms with van der Waals surface area (Å²) in [4.78, 5) is 16.7. The smallest absolute Gasteiger partial charge is 0.220 e. The van der Waals surface area contributed by atoms with Crippen LogP contribution >= 0.6 is 0 Å². The average molecular weight is 349 g/mol. The average Bonchev–Trinajstić information content (AvgIpc) is 2.73. The topological polar surface area (TPSA) is 73.6 Å². The standard InChI is InChI=1S/C18H31N5O2/c1-14-16(15(2)23(20-14)10-11-24)12-22-9-8-21(3)18(13-22)5-4-17(25)19-7-6-18/h24H,4-13H2,1-3H3,(H,19,25)/t18-/m1/s1. The van der Waals surface area contributed by atoms with Gasteiger partial charge in [-0.3, -0.25) is 19.3 Å². The van der Waals surface area contributed by atoms with Crippen molar-refractivity contribution in [2.24, 2.45) is 0 Å². The van der Waals surface area contributed by atoms with Crippen LogP contribution in [0.3, 0.4) is 0 Å². The molecule has 2 saturated heterocycles. The van der Waals surface area contributed by atoms with Crippen molar-refractivity contribution in [3.05, 3.63) is 17.0 Å². The van der Waals surface area contributed by atoms with Crippen LogP contribution in [0.2, 0.25) is 0 Å². The maximum absolute atomic E-state index is 11.8. The van der Waals surface area contributed by atoms with E-state index in [9.17, 15) is 9.90 Å². The third-order valence-electron chi connectivity index (χ3n) is 6.03. The second kappa shape index (κ2) is 7.43. The van der Waals surface area contributed by atoms with Crippen LogP contribution in [0.4, 0.5) is 0 Å². The summed E-state index contributed by atoms with van der Waals surface area (Å²) in [7, 11) is 2.20. The van der Waals surface area contributed by atoms with E-state index in [0.717, 1.165) is 57.0 Å². The van der Waals surface area contributed by atoms with Gasteiger partial charge in [0.05, 0.1) is 18.8 Å². The Labute approximate surface area is 150 Å². The summed E-state index contributed by atoms with van der Waals surface area (Å²) in [5.74, 6) is 0.180. The molecule has 1 aromatic rings. The van der Waals surface area contributed by atoms with Gasteiger partial charge in [-0.15, -0.1) is 0 Å². The summed E-state index contributed by atoms with van der Waals surface area (Å²) in [5.41, 5.74) is 3.56. The van der Waals surface area contributed by atoms with Crippen molar-refractivity contribution in [1.29, 1.82) is 0 Å². The number of aliphatic hydroxyl groups excluding tert-OH is 1. The minimum Gasteiger partial charge on any atom is -0.394 e. The SMILES string of the molecule is Cc1nn(CCO)c(C)c1CN1CCN(C)[C@]2(CCNC(=O)CC2)C1. The van der Waals surface area contributed by atoms with E-state index in [0.29, 0.717) is 13.0 Å². The summed E-state index contributed by atoms with van der Waals surface area (Å²) in [5, 5.41) is 16.8. The van der Waals surface area contributed by atoms with Gasteiger partial charge in [-0.2, -0.15) is 5.10 Å². The predicted octanol–water partition coefficient (Wildman–Crippen LogP) is 0.279. The number of nitrogens with one attached hydrogen (secondary N) is 1. The molecule has 0 aliphatic carbocycles. The van der Waals surface area contributed by atoms with Crippen molar-refractivity contribution in [2.75, 3.05) is 39.8 Å². The van der Waals surface area contributed by atoms with Crippen LogP contribution < -0.4 is 5.32 Å². The number of piperazine rings is 1. The van der Waals surface area contributed by atoms with E-state index in [1.807, 2.05) is 4.68 Å². The zero-order valence-electron chi connectivity index (χ0n) is 15.7. The number of rotatable bonds is 4. The first kappa shape index (κ1) is 18.4. The Morgan fingerprint density at radius 2 is 2.08 bits per heavy atom. The van der Waals surface area contributed by atoms with Gasteiger partial charge in [0.1, 0.15) is 0 Å². The fraction of sp³-hybridized carbons (Fsp3) is 0.778. The fourth-order valence-electron chi connectivity index (χ4n) is 4.31. The zero-order chi connectivity index (χ0) is 18.0. The first-order chi connectivity index (χ1) is 11.9. The molecule has 0 unspecified atom stereocenters. The zero-order valence-corrected chi connectivity index (χ0v) is 15.7. The lowest BCUT2D eigenvalue weighted by molar-refractivity contribution is -0.121. The van der Waals surface area contributed by atoms with Crippen molar-refractivity contribution in [2.45, 2.75) is 51.7 Å². The van der Waals surface area contributed by atoms with Gasteiger partial charge in [-0.05, 0) is 33.7 Å². The second-order valence-corrected chi connectivity index (χ2v) is 7.55. The molecule has 2 fully saturated rings. The molecule has 140 valence electrons. The van der Waals surface area contributed by atoms with Crippen LogP contribution in [0, 0.1) is 13.8 Å². The number of aromatic nitrogens is 2. The van der Waals surface area contributed by atoms with Gasteiger partial charge in [0, 0.05) is 55.9 Å². The van der Waals surface area contributed by atoms with E-state index in [4.69, 9.17) is 0 Å². The first-order valence-electron chi connectivity index (χ1n) is 9.29. The monoisotopic (exact) mass is 349 g/mol. The summed E-state index contributed by atoms with van der Waals surface area (Å²) < 4.78 is 1.91. The van der Waals surface area contributed by atoms with Crippen LogP contribution in [0.25, 0.3) is 0 Å². The van der Waals surface area contributed by atoms with E-state index in [2.05, 4.69) is 41.1 Å². The van der Waals surface area contributed by atoms with Crippen molar-refractivity contribution >= 4 is 5.91 Å². The third kappa shape index (κ3) is 3.73. The Morgan fingerprint density at radius 3 is 2.84 bits per heavy atom. The van der Waals surface area contributed by atoms with Gasteiger partial charge >= 0.3 is 0 Å². The quantitative estimate of drug-likeness (QED) is 0.817. The lowest BCUT2D eigenvalue weighted by Crippen LogP contribution is -2.60. The summed E-state index contributed by atoms with van der Waals surface area (Å²) in [6, 6.07) is 0. The van der Waals surface area contributed by atoms with E-state index in [1.54, 1.807) is 0 Å². The molecule has 1 atom stereocenters. The van der Waals surface area contributed by atoms with Crippen LogP contribution in [-0.4, -0.2) is 76.0 Å². The number of hydrogen-bond acceptors (Lipinski definition) is 5. The van der Waals surface area contributed by atoms with E-state index >= 15 is 0 Å². The van der Waals surface area contributed by atoms with Gasteiger partial charge < -0.3 is 10.4 Å². The van der Waals surface area contributed by atoms with E-state index < -0.39 is 0 Å².